The maximum absolute atomic E-state index is 12.1. The Kier molecular flexibility index (Phi) is 3.93. The first kappa shape index (κ1) is 14.0. The molecule has 102 valence electrons. The average Bonchev–Trinajstić information content (AvgIpc) is 2.76. The number of nitrogen functional groups attached to an aromatic ring is 1. The summed E-state index contributed by atoms with van der Waals surface area (Å²) >= 11 is 3.20. The van der Waals surface area contributed by atoms with Crippen molar-refractivity contribution in [3.63, 3.8) is 0 Å². The van der Waals surface area contributed by atoms with Crippen molar-refractivity contribution in [2.24, 2.45) is 7.05 Å². The predicted octanol–water partition coefficient (Wildman–Crippen LogP) is 1.24. The van der Waals surface area contributed by atoms with Crippen molar-refractivity contribution in [2.45, 2.75) is 11.4 Å². The first-order valence-electron chi connectivity index (χ1n) is 5.42. The van der Waals surface area contributed by atoms with E-state index in [1.165, 1.54) is 12.1 Å². The molecule has 1 heterocycles. The summed E-state index contributed by atoms with van der Waals surface area (Å²) in [6, 6.07) is 6.22. The minimum atomic E-state index is -3.57. The van der Waals surface area contributed by atoms with Crippen LogP contribution in [0.5, 0.6) is 0 Å². The van der Waals surface area contributed by atoms with Crippen molar-refractivity contribution in [2.75, 3.05) is 5.73 Å². The SMILES string of the molecule is Cn1ccc(CNS(=O)(=O)c2ccc(N)c(Br)c2)n1. The molecule has 0 fully saturated rings. The Hall–Kier alpha value is -1.38. The Morgan fingerprint density at radius 1 is 1.42 bits per heavy atom. The summed E-state index contributed by atoms with van der Waals surface area (Å²) in [5, 5.41) is 4.10. The molecule has 0 atom stereocenters. The molecule has 0 unspecified atom stereocenters. The van der Waals surface area contributed by atoms with Crippen LogP contribution in [-0.4, -0.2) is 18.2 Å². The minimum Gasteiger partial charge on any atom is -0.398 e. The van der Waals surface area contributed by atoms with Crippen molar-refractivity contribution in [3.8, 4) is 0 Å². The van der Waals surface area contributed by atoms with Crippen LogP contribution in [0.15, 0.2) is 39.8 Å². The third-order valence-corrected chi connectivity index (χ3v) is 4.58. The Morgan fingerprint density at radius 2 is 2.16 bits per heavy atom. The lowest BCUT2D eigenvalue weighted by atomic mass is 10.3. The molecule has 1 aromatic carbocycles. The van der Waals surface area contributed by atoms with E-state index in [9.17, 15) is 8.42 Å². The fourth-order valence-corrected chi connectivity index (χ4v) is 3.04. The lowest BCUT2D eigenvalue weighted by molar-refractivity contribution is 0.579. The first-order chi connectivity index (χ1) is 8.88. The monoisotopic (exact) mass is 344 g/mol. The van der Waals surface area contributed by atoms with Gasteiger partial charge in [0.05, 0.1) is 17.1 Å². The number of anilines is 1. The molecule has 0 aliphatic rings. The van der Waals surface area contributed by atoms with Crippen LogP contribution in [0.3, 0.4) is 0 Å². The molecule has 6 nitrogen and oxygen atoms in total. The van der Waals surface area contributed by atoms with Gasteiger partial charge in [-0.25, -0.2) is 13.1 Å². The van der Waals surface area contributed by atoms with Crippen LogP contribution in [0.2, 0.25) is 0 Å². The van der Waals surface area contributed by atoms with E-state index in [1.54, 1.807) is 30.1 Å². The van der Waals surface area contributed by atoms with Gasteiger partial charge in [0.1, 0.15) is 0 Å². The second-order valence-electron chi connectivity index (χ2n) is 3.99. The zero-order valence-electron chi connectivity index (χ0n) is 10.2. The molecule has 1 aromatic heterocycles. The zero-order valence-corrected chi connectivity index (χ0v) is 12.6. The van der Waals surface area contributed by atoms with E-state index >= 15 is 0 Å². The van der Waals surface area contributed by atoms with Crippen molar-refractivity contribution in [1.29, 1.82) is 0 Å². The molecule has 0 spiro atoms. The average molecular weight is 345 g/mol. The number of nitrogens with zero attached hydrogens (tertiary/aromatic N) is 2. The Labute approximate surface area is 119 Å². The van der Waals surface area contributed by atoms with E-state index in [-0.39, 0.29) is 11.4 Å². The van der Waals surface area contributed by atoms with E-state index in [0.717, 1.165) is 0 Å². The van der Waals surface area contributed by atoms with Gasteiger partial charge in [-0.1, -0.05) is 0 Å². The van der Waals surface area contributed by atoms with Gasteiger partial charge in [0.15, 0.2) is 0 Å². The normalized spacial score (nSPS) is 11.7. The summed E-state index contributed by atoms with van der Waals surface area (Å²) in [7, 11) is -1.80. The minimum absolute atomic E-state index is 0.144. The lowest BCUT2D eigenvalue weighted by Crippen LogP contribution is -2.23. The highest BCUT2D eigenvalue weighted by molar-refractivity contribution is 9.10. The van der Waals surface area contributed by atoms with Gasteiger partial charge < -0.3 is 5.73 Å². The molecular formula is C11H13BrN4O2S. The highest BCUT2D eigenvalue weighted by Gasteiger charge is 2.15. The van der Waals surface area contributed by atoms with E-state index in [0.29, 0.717) is 15.9 Å². The summed E-state index contributed by atoms with van der Waals surface area (Å²) in [6.45, 7) is 0.144. The van der Waals surface area contributed by atoms with Gasteiger partial charge in [0.2, 0.25) is 10.0 Å². The van der Waals surface area contributed by atoms with Gasteiger partial charge in [-0.2, -0.15) is 5.10 Å². The Bertz CT molecular complexity index is 696. The van der Waals surface area contributed by atoms with Crippen LogP contribution in [0.4, 0.5) is 5.69 Å². The Morgan fingerprint density at radius 3 is 2.74 bits per heavy atom. The number of hydrogen-bond donors (Lipinski definition) is 2. The summed E-state index contributed by atoms with van der Waals surface area (Å²) in [4.78, 5) is 0.157. The summed E-state index contributed by atoms with van der Waals surface area (Å²) < 4.78 is 28.8. The molecule has 0 aliphatic carbocycles. The fraction of sp³-hybridized carbons (Fsp3) is 0.182. The molecule has 2 rings (SSSR count). The number of sulfonamides is 1. The number of benzene rings is 1. The van der Waals surface area contributed by atoms with Gasteiger partial charge >= 0.3 is 0 Å². The number of aryl methyl sites for hydroxylation is 1. The molecule has 0 saturated heterocycles. The summed E-state index contributed by atoms with van der Waals surface area (Å²) in [6.07, 6.45) is 1.75. The van der Waals surface area contributed by atoms with E-state index in [1.807, 2.05) is 0 Å². The molecule has 0 saturated carbocycles. The maximum Gasteiger partial charge on any atom is 0.240 e. The van der Waals surface area contributed by atoms with Gasteiger partial charge in [-0.15, -0.1) is 0 Å². The number of nitrogens with two attached hydrogens (primary N) is 1. The number of rotatable bonds is 4. The lowest BCUT2D eigenvalue weighted by Gasteiger charge is -2.07. The van der Waals surface area contributed by atoms with Crippen LogP contribution >= 0.6 is 15.9 Å². The second-order valence-corrected chi connectivity index (χ2v) is 6.61. The van der Waals surface area contributed by atoms with Crippen LogP contribution in [0.25, 0.3) is 0 Å². The third kappa shape index (κ3) is 3.34. The highest BCUT2D eigenvalue weighted by atomic mass is 79.9. The molecule has 2 aromatic rings. The molecule has 0 aliphatic heterocycles. The number of aromatic nitrogens is 2. The van der Waals surface area contributed by atoms with Crippen LogP contribution < -0.4 is 10.5 Å². The molecule has 3 N–H and O–H groups in total. The zero-order chi connectivity index (χ0) is 14.0. The maximum atomic E-state index is 12.1. The fourth-order valence-electron chi connectivity index (χ4n) is 1.48. The first-order valence-corrected chi connectivity index (χ1v) is 7.69. The third-order valence-electron chi connectivity index (χ3n) is 2.49. The van der Waals surface area contributed by atoms with E-state index < -0.39 is 10.0 Å². The highest BCUT2D eigenvalue weighted by Crippen LogP contribution is 2.22. The van der Waals surface area contributed by atoms with Gasteiger partial charge in [0, 0.05) is 23.4 Å². The van der Waals surface area contributed by atoms with Crippen LogP contribution in [0, 0.1) is 0 Å². The van der Waals surface area contributed by atoms with Crippen molar-refractivity contribution in [3.05, 3.63) is 40.6 Å². The second kappa shape index (κ2) is 5.32. The number of nitrogens with one attached hydrogen (secondary N) is 1. The van der Waals surface area contributed by atoms with Crippen molar-refractivity contribution < 1.29 is 8.42 Å². The summed E-state index contributed by atoms with van der Waals surface area (Å²) in [5.41, 5.74) is 6.77. The number of hydrogen-bond acceptors (Lipinski definition) is 4. The number of halogens is 1. The smallest absolute Gasteiger partial charge is 0.240 e. The molecule has 8 heteroatoms. The Balaban J connectivity index is 2.16. The van der Waals surface area contributed by atoms with E-state index in [2.05, 4.69) is 25.8 Å². The van der Waals surface area contributed by atoms with Crippen LogP contribution in [0.1, 0.15) is 5.69 Å². The quantitative estimate of drug-likeness (QED) is 0.816. The molecule has 19 heavy (non-hydrogen) atoms. The molecular weight excluding hydrogens is 332 g/mol. The van der Waals surface area contributed by atoms with Gasteiger partial charge in [-0.3, -0.25) is 4.68 Å². The van der Waals surface area contributed by atoms with Gasteiger partial charge in [-0.05, 0) is 40.2 Å². The van der Waals surface area contributed by atoms with Crippen molar-refractivity contribution >= 4 is 31.6 Å². The van der Waals surface area contributed by atoms with Crippen molar-refractivity contribution in [1.82, 2.24) is 14.5 Å². The largest absolute Gasteiger partial charge is 0.398 e. The standard InChI is InChI=1S/C11H13BrN4O2S/c1-16-5-4-8(15-16)7-14-19(17,18)9-2-3-11(13)10(12)6-9/h2-6,14H,7,13H2,1H3. The molecule has 0 bridgehead atoms. The topological polar surface area (TPSA) is 90.0 Å². The van der Waals surface area contributed by atoms with E-state index in [4.69, 9.17) is 5.73 Å². The predicted molar refractivity (Wildman–Crippen MR) is 75.8 cm³/mol. The van der Waals surface area contributed by atoms with Crippen LogP contribution in [-0.2, 0) is 23.6 Å². The molecule has 0 radical (unpaired) electrons. The van der Waals surface area contributed by atoms with Gasteiger partial charge in [0.25, 0.3) is 0 Å². The molecule has 0 amide bonds. The summed E-state index contributed by atoms with van der Waals surface area (Å²) in [5.74, 6) is 0.